The van der Waals surface area contributed by atoms with Crippen LogP contribution >= 0.6 is 0 Å². The topological polar surface area (TPSA) is 17.1 Å². The van der Waals surface area contributed by atoms with Crippen LogP contribution in [0.1, 0.15) is 105 Å². The van der Waals surface area contributed by atoms with Crippen LogP contribution in [0.4, 0.5) is 0 Å². The normalized spacial score (nSPS) is 14.4. The Morgan fingerprint density at radius 1 is 0.714 bits per heavy atom. The lowest BCUT2D eigenvalue weighted by Crippen LogP contribution is -2.02. The van der Waals surface area contributed by atoms with Crippen molar-refractivity contribution in [1.29, 1.82) is 0 Å². The third-order valence-corrected chi connectivity index (χ3v) is 4.55. The van der Waals surface area contributed by atoms with Gasteiger partial charge in [0.2, 0.25) is 0 Å². The molecule has 0 saturated carbocycles. The summed E-state index contributed by atoms with van der Waals surface area (Å²) < 4.78 is 0. The molecule has 1 nitrogen and oxygen atoms in total. The molecule has 126 valence electrons. The van der Waals surface area contributed by atoms with Crippen LogP contribution in [0.2, 0.25) is 0 Å². The van der Waals surface area contributed by atoms with Gasteiger partial charge in [0, 0.05) is 12.8 Å². The number of hydrogen-bond donors (Lipinski definition) is 0. The van der Waals surface area contributed by atoms with Crippen LogP contribution in [0, 0.1) is 17.8 Å². The fraction of sp³-hybridized carbons (Fsp3) is 0.950. The lowest BCUT2D eigenvalue weighted by Gasteiger charge is -2.15. The Morgan fingerprint density at radius 2 is 1.19 bits per heavy atom. The lowest BCUT2D eigenvalue weighted by molar-refractivity contribution is -0.119. The van der Waals surface area contributed by atoms with E-state index in [0.29, 0.717) is 5.78 Å². The van der Waals surface area contributed by atoms with Gasteiger partial charge >= 0.3 is 0 Å². The van der Waals surface area contributed by atoms with Crippen LogP contribution in [0.15, 0.2) is 0 Å². The zero-order chi connectivity index (χ0) is 16.1. The van der Waals surface area contributed by atoms with Crippen LogP contribution in [-0.2, 0) is 4.79 Å². The fourth-order valence-electron chi connectivity index (χ4n) is 3.03. The molecule has 2 unspecified atom stereocenters. The summed E-state index contributed by atoms with van der Waals surface area (Å²) in [6.45, 7) is 11.5. The second-order valence-corrected chi connectivity index (χ2v) is 7.65. The van der Waals surface area contributed by atoms with Crippen LogP contribution < -0.4 is 0 Å². The second kappa shape index (κ2) is 13.3. The molecule has 21 heavy (non-hydrogen) atoms. The van der Waals surface area contributed by atoms with Crippen molar-refractivity contribution in [3.8, 4) is 0 Å². The first-order chi connectivity index (χ1) is 9.95. The molecule has 2 atom stereocenters. The van der Waals surface area contributed by atoms with Gasteiger partial charge in [0.15, 0.2) is 0 Å². The van der Waals surface area contributed by atoms with Crippen molar-refractivity contribution < 1.29 is 4.79 Å². The van der Waals surface area contributed by atoms with Gasteiger partial charge in [-0.25, -0.2) is 0 Å². The smallest absolute Gasteiger partial charge is 0.132 e. The molecule has 0 saturated heterocycles. The van der Waals surface area contributed by atoms with E-state index in [1.54, 1.807) is 0 Å². The molecule has 0 radical (unpaired) electrons. The Labute approximate surface area is 134 Å². The Balaban J connectivity index is 3.47. The zero-order valence-electron chi connectivity index (χ0n) is 15.4. The molecule has 0 N–H and O–H groups in total. The van der Waals surface area contributed by atoms with Crippen molar-refractivity contribution in [1.82, 2.24) is 0 Å². The summed E-state index contributed by atoms with van der Waals surface area (Å²) in [7, 11) is 0. The Hall–Kier alpha value is -0.330. The molecule has 0 fully saturated rings. The van der Waals surface area contributed by atoms with Crippen LogP contribution in [0.3, 0.4) is 0 Å². The van der Waals surface area contributed by atoms with Crippen molar-refractivity contribution in [2.24, 2.45) is 17.8 Å². The molecule has 0 aromatic carbocycles. The molecule has 0 aromatic rings. The van der Waals surface area contributed by atoms with E-state index in [1.165, 1.54) is 44.9 Å². The Kier molecular flexibility index (Phi) is 13.1. The average molecular weight is 297 g/mol. The van der Waals surface area contributed by atoms with E-state index in [9.17, 15) is 4.79 Å². The van der Waals surface area contributed by atoms with Gasteiger partial charge in [-0.2, -0.15) is 0 Å². The largest absolute Gasteiger partial charge is 0.300 e. The minimum absolute atomic E-state index is 0.462. The fourth-order valence-corrected chi connectivity index (χ4v) is 3.03. The molecule has 1 heteroatoms. The predicted octanol–water partition coefficient (Wildman–Crippen LogP) is 6.79. The average Bonchev–Trinajstić information content (AvgIpc) is 2.38. The summed E-state index contributed by atoms with van der Waals surface area (Å²) in [6.07, 6.45) is 13.2. The van der Waals surface area contributed by atoms with Crippen molar-refractivity contribution in [2.75, 3.05) is 0 Å². The van der Waals surface area contributed by atoms with Crippen molar-refractivity contribution in [3.05, 3.63) is 0 Å². The molecule has 0 bridgehead atoms. The maximum absolute atomic E-state index is 11.5. The van der Waals surface area contributed by atoms with E-state index in [-0.39, 0.29) is 0 Å². The van der Waals surface area contributed by atoms with Gasteiger partial charge in [0.25, 0.3) is 0 Å². The number of carbonyl (C=O) groups is 1. The lowest BCUT2D eigenvalue weighted by atomic mass is 9.91. The summed E-state index contributed by atoms with van der Waals surface area (Å²) in [5.41, 5.74) is 0. The van der Waals surface area contributed by atoms with Crippen molar-refractivity contribution >= 4 is 5.78 Å². The van der Waals surface area contributed by atoms with E-state index in [1.807, 2.05) is 0 Å². The Bertz CT molecular complexity index is 244. The molecule has 0 aliphatic carbocycles. The minimum Gasteiger partial charge on any atom is -0.300 e. The Morgan fingerprint density at radius 3 is 1.67 bits per heavy atom. The quantitative estimate of drug-likeness (QED) is 0.344. The van der Waals surface area contributed by atoms with Gasteiger partial charge in [-0.3, -0.25) is 4.79 Å². The van der Waals surface area contributed by atoms with E-state index in [2.05, 4.69) is 34.6 Å². The van der Waals surface area contributed by atoms with Gasteiger partial charge < -0.3 is 0 Å². The van der Waals surface area contributed by atoms with E-state index in [0.717, 1.165) is 43.4 Å². The monoisotopic (exact) mass is 296 g/mol. The van der Waals surface area contributed by atoms with Crippen molar-refractivity contribution in [3.63, 3.8) is 0 Å². The molecule has 0 aromatic heterocycles. The van der Waals surface area contributed by atoms with E-state index in [4.69, 9.17) is 0 Å². The summed E-state index contributed by atoms with van der Waals surface area (Å²) >= 11 is 0. The summed E-state index contributed by atoms with van der Waals surface area (Å²) in [6, 6.07) is 0. The highest BCUT2D eigenvalue weighted by Gasteiger charge is 2.07. The van der Waals surface area contributed by atoms with E-state index < -0.39 is 0 Å². The maximum Gasteiger partial charge on any atom is 0.132 e. The molecule has 0 amide bonds. The maximum atomic E-state index is 11.5. The number of Topliss-reactive ketones (excluding diaryl/α,β-unsaturated/α-hetero) is 1. The molecule has 0 heterocycles. The second-order valence-electron chi connectivity index (χ2n) is 7.65. The predicted molar refractivity (Wildman–Crippen MR) is 94.6 cm³/mol. The first-order valence-electron chi connectivity index (χ1n) is 9.47. The van der Waals surface area contributed by atoms with Gasteiger partial charge in [-0.05, 0) is 30.6 Å². The molecule has 0 aliphatic rings. The number of rotatable bonds is 14. The molecule has 0 spiro atoms. The van der Waals surface area contributed by atoms with Crippen LogP contribution in [0.25, 0.3) is 0 Å². The standard InChI is InChI=1S/C20H40O/c1-6-10-20(21)16-9-15-19(5)14-8-13-18(4)12-7-11-17(2)3/h17-19H,6-16H2,1-5H3. The molecule has 0 rings (SSSR count). The first-order valence-corrected chi connectivity index (χ1v) is 9.47. The third kappa shape index (κ3) is 14.4. The van der Waals surface area contributed by atoms with Gasteiger partial charge in [-0.1, -0.05) is 79.6 Å². The zero-order valence-corrected chi connectivity index (χ0v) is 15.4. The SMILES string of the molecule is CCCC(=O)CCCC(C)CCCC(C)CCCC(C)C. The summed E-state index contributed by atoms with van der Waals surface area (Å²) in [5.74, 6) is 3.00. The van der Waals surface area contributed by atoms with E-state index >= 15 is 0 Å². The van der Waals surface area contributed by atoms with Gasteiger partial charge in [0.05, 0.1) is 0 Å². The summed E-state index contributed by atoms with van der Waals surface area (Å²) in [5, 5.41) is 0. The highest BCUT2D eigenvalue weighted by molar-refractivity contribution is 5.78. The van der Waals surface area contributed by atoms with Gasteiger partial charge in [0.1, 0.15) is 5.78 Å². The summed E-state index contributed by atoms with van der Waals surface area (Å²) in [4.78, 5) is 11.5. The van der Waals surface area contributed by atoms with Crippen LogP contribution in [-0.4, -0.2) is 5.78 Å². The third-order valence-electron chi connectivity index (χ3n) is 4.55. The highest BCUT2D eigenvalue weighted by Crippen LogP contribution is 2.21. The minimum atomic E-state index is 0.462. The molecule has 0 aliphatic heterocycles. The number of carbonyl (C=O) groups excluding carboxylic acids is 1. The highest BCUT2D eigenvalue weighted by atomic mass is 16.1. The van der Waals surface area contributed by atoms with Gasteiger partial charge in [-0.15, -0.1) is 0 Å². The van der Waals surface area contributed by atoms with Crippen LogP contribution in [0.5, 0.6) is 0 Å². The molecular formula is C20H40O. The first kappa shape index (κ1) is 20.7. The van der Waals surface area contributed by atoms with Crippen molar-refractivity contribution in [2.45, 2.75) is 105 Å². The number of hydrogen-bond acceptors (Lipinski definition) is 1. The molecular weight excluding hydrogens is 256 g/mol. The number of ketones is 1.